The maximum atomic E-state index is 11.9. The first-order valence-corrected chi connectivity index (χ1v) is 7.44. The largest absolute Gasteiger partial charge is 0.387 e. The van der Waals surface area contributed by atoms with E-state index >= 15 is 0 Å². The van der Waals surface area contributed by atoms with Crippen LogP contribution in [0.15, 0.2) is 48.5 Å². The van der Waals surface area contributed by atoms with Gasteiger partial charge in [0, 0.05) is 17.3 Å². The smallest absolute Gasteiger partial charge is 0.313 e. The molecule has 3 N–H and O–H groups in total. The number of nitrogens with one attached hydrogen (secondary N) is 2. The van der Waals surface area contributed by atoms with Crippen LogP contribution in [0.4, 0.5) is 5.69 Å². The van der Waals surface area contributed by atoms with Crippen molar-refractivity contribution in [3.05, 3.63) is 64.7 Å². The van der Waals surface area contributed by atoms with E-state index in [4.69, 9.17) is 11.6 Å². The number of benzene rings is 2. The SMILES string of the molecule is Cc1c(Cl)cccc1NC(=O)C(=O)NC[C@H](O)c1ccccc1. The van der Waals surface area contributed by atoms with E-state index < -0.39 is 17.9 Å². The van der Waals surface area contributed by atoms with Gasteiger partial charge in [0.15, 0.2) is 0 Å². The number of anilines is 1. The molecule has 2 aromatic carbocycles. The summed E-state index contributed by atoms with van der Waals surface area (Å²) in [6.07, 6.45) is -0.874. The minimum Gasteiger partial charge on any atom is -0.387 e. The number of hydrogen-bond donors (Lipinski definition) is 3. The van der Waals surface area contributed by atoms with Crippen LogP contribution in [0.2, 0.25) is 5.02 Å². The Morgan fingerprint density at radius 1 is 1.09 bits per heavy atom. The Hall–Kier alpha value is -2.37. The van der Waals surface area contributed by atoms with Crippen molar-refractivity contribution in [3.63, 3.8) is 0 Å². The molecule has 0 aliphatic heterocycles. The molecule has 2 rings (SSSR count). The molecule has 6 heteroatoms. The normalized spacial score (nSPS) is 11.6. The van der Waals surface area contributed by atoms with Crippen molar-refractivity contribution in [3.8, 4) is 0 Å². The lowest BCUT2D eigenvalue weighted by Crippen LogP contribution is -2.37. The minimum atomic E-state index is -0.874. The molecular weight excluding hydrogens is 316 g/mol. The van der Waals surface area contributed by atoms with E-state index in [-0.39, 0.29) is 6.54 Å². The van der Waals surface area contributed by atoms with Crippen molar-refractivity contribution in [1.29, 1.82) is 0 Å². The molecule has 0 saturated carbocycles. The van der Waals surface area contributed by atoms with E-state index in [1.54, 1.807) is 49.4 Å². The first kappa shape index (κ1) is 17.0. The van der Waals surface area contributed by atoms with E-state index in [1.807, 2.05) is 6.07 Å². The maximum Gasteiger partial charge on any atom is 0.313 e. The average molecular weight is 333 g/mol. The van der Waals surface area contributed by atoms with E-state index in [9.17, 15) is 14.7 Å². The van der Waals surface area contributed by atoms with Gasteiger partial charge in [0.1, 0.15) is 0 Å². The lowest BCUT2D eigenvalue weighted by Gasteiger charge is -2.13. The molecule has 5 nitrogen and oxygen atoms in total. The van der Waals surface area contributed by atoms with Gasteiger partial charge >= 0.3 is 11.8 Å². The van der Waals surface area contributed by atoms with Crippen molar-refractivity contribution < 1.29 is 14.7 Å². The third-order valence-corrected chi connectivity index (χ3v) is 3.77. The second-order valence-corrected chi connectivity index (χ2v) is 5.41. The quantitative estimate of drug-likeness (QED) is 0.752. The molecule has 0 aliphatic rings. The number of rotatable bonds is 4. The Bertz CT molecular complexity index is 704. The molecule has 0 saturated heterocycles. The topological polar surface area (TPSA) is 78.4 Å². The highest BCUT2D eigenvalue weighted by molar-refractivity contribution is 6.40. The first-order chi connectivity index (χ1) is 11.0. The van der Waals surface area contributed by atoms with Gasteiger partial charge in [-0.2, -0.15) is 0 Å². The summed E-state index contributed by atoms with van der Waals surface area (Å²) in [7, 11) is 0. The van der Waals surface area contributed by atoms with E-state index in [0.29, 0.717) is 21.8 Å². The molecular formula is C17H17ClN2O3. The van der Waals surface area contributed by atoms with Crippen LogP contribution in [0.25, 0.3) is 0 Å². The van der Waals surface area contributed by atoms with Gasteiger partial charge in [0.05, 0.1) is 6.10 Å². The molecule has 0 unspecified atom stereocenters. The molecule has 0 bridgehead atoms. The molecule has 2 amide bonds. The Morgan fingerprint density at radius 3 is 2.48 bits per heavy atom. The monoisotopic (exact) mass is 332 g/mol. The third kappa shape index (κ3) is 4.55. The Balaban J connectivity index is 1.90. The number of aliphatic hydroxyl groups is 1. The van der Waals surface area contributed by atoms with Gasteiger partial charge in [-0.25, -0.2) is 0 Å². The summed E-state index contributed by atoms with van der Waals surface area (Å²) in [5.41, 5.74) is 1.82. The number of hydrogen-bond acceptors (Lipinski definition) is 3. The predicted octanol–water partition coefficient (Wildman–Crippen LogP) is 2.44. The van der Waals surface area contributed by atoms with Gasteiger partial charge in [0.2, 0.25) is 0 Å². The second kappa shape index (κ2) is 7.76. The molecule has 0 fully saturated rings. The molecule has 120 valence electrons. The fraction of sp³-hybridized carbons (Fsp3) is 0.176. The molecule has 2 aromatic rings. The summed E-state index contributed by atoms with van der Waals surface area (Å²) in [5.74, 6) is -1.63. The third-order valence-electron chi connectivity index (χ3n) is 3.36. The van der Waals surface area contributed by atoms with Crippen LogP contribution in [0.1, 0.15) is 17.2 Å². The highest BCUT2D eigenvalue weighted by Gasteiger charge is 2.17. The standard InChI is InChI=1S/C17H17ClN2O3/c1-11-13(18)8-5-9-14(11)20-17(23)16(22)19-10-15(21)12-6-3-2-4-7-12/h2-9,15,21H,10H2,1H3,(H,19,22)(H,20,23)/t15-/m0/s1. The highest BCUT2D eigenvalue weighted by atomic mass is 35.5. The highest BCUT2D eigenvalue weighted by Crippen LogP contribution is 2.22. The van der Waals surface area contributed by atoms with Gasteiger partial charge in [-0.15, -0.1) is 0 Å². The van der Waals surface area contributed by atoms with Crippen LogP contribution >= 0.6 is 11.6 Å². The molecule has 0 aliphatic carbocycles. The van der Waals surface area contributed by atoms with Gasteiger partial charge in [-0.05, 0) is 30.2 Å². The lowest BCUT2D eigenvalue weighted by molar-refractivity contribution is -0.136. The summed E-state index contributed by atoms with van der Waals surface area (Å²) < 4.78 is 0. The molecule has 0 heterocycles. The van der Waals surface area contributed by atoms with Gasteiger partial charge in [0.25, 0.3) is 0 Å². The zero-order valence-corrected chi connectivity index (χ0v) is 13.3. The second-order valence-electron chi connectivity index (χ2n) is 5.00. The number of carbonyl (C=O) groups is 2. The summed E-state index contributed by atoms with van der Waals surface area (Å²) in [6, 6.07) is 13.9. The van der Waals surface area contributed by atoms with Gasteiger partial charge in [-0.3, -0.25) is 9.59 Å². The first-order valence-electron chi connectivity index (χ1n) is 7.06. The van der Waals surface area contributed by atoms with Gasteiger partial charge in [-0.1, -0.05) is 48.0 Å². The van der Waals surface area contributed by atoms with E-state index in [1.165, 1.54) is 0 Å². The summed E-state index contributed by atoms with van der Waals surface area (Å²) in [4.78, 5) is 23.7. The molecule has 1 atom stereocenters. The molecule has 0 aromatic heterocycles. The molecule has 0 radical (unpaired) electrons. The summed E-state index contributed by atoms with van der Waals surface area (Å²) in [5, 5.41) is 15.4. The van der Waals surface area contributed by atoms with Crippen molar-refractivity contribution in [2.24, 2.45) is 0 Å². The maximum absolute atomic E-state index is 11.9. The van der Waals surface area contributed by atoms with Crippen molar-refractivity contribution in [2.45, 2.75) is 13.0 Å². The summed E-state index contributed by atoms with van der Waals surface area (Å²) in [6.45, 7) is 1.69. The van der Waals surface area contributed by atoms with E-state index in [2.05, 4.69) is 10.6 Å². The number of carbonyl (C=O) groups excluding carboxylic acids is 2. The fourth-order valence-corrected chi connectivity index (χ4v) is 2.16. The van der Waals surface area contributed by atoms with Crippen molar-refractivity contribution in [1.82, 2.24) is 5.32 Å². The minimum absolute atomic E-state index is 0.0508. The molecule has 0 spiro atoms. The van der Waals surface area contributed by atoms with Crippen LogP contribution in [0.5, 0.6) is 0 Å². The number of aliphatic hydroxyl groups excluding tert-OH is 1. The zero-order chi connectivity index (χ0) is 16.8. The van der Waals surface area contributed by atoms with Crippen molar-refractivity contribution in [2.75, 3.05) is 11.9 Å². The number of amides is 2. The lowest BCUT2D eigenvalue weighted by atomic mass is 10.1. The van der Waals surface area contributed by atoms with Crippen molar-refractivity contribution >= 4 is 29.1 Å². The van der Waals surface area contributed by atoms with Crippen LogP contribution in [-0.2, 0) is 9.59 Å². The van der Waals surface area contributed by atoms with Crippen LogP contribution < -0.4 is 10.6 Å². The predicted molar refractivity (Wildman–Crippen MR) is 89.2 cm³/mol. The zero-order valence-electron chi connectivity index (χ0n) is 12.5. The Morgan fingerprint density at radius 2 is 1.78 bits per heavy atom. The fourth-order valence-electron chi connectivity index (χ4n) is 1.98. The van der Waals surface area contributed by atoms with Crippen LogP contribution in [0, 0.1) is 6.92 Å². The number of halogens is 1. The van der Waals surface area contributed by atoms with Crippen LogP contribution in [0.3, 0.4) is 0 Å². The molecule has 23 heavy (non-hydrogen) atoms. The summed E-state index contributed by atoms with van der Waals surface area (Å²) >= 11 is 5.96. The van der Waals surface area contributed by atoms with Gasteiger partial charge < -0.3 is 15.7 Å². The Labute approximate surface area is 139 Å². The van der Waals surface area contributed by atoms with E-state index in [0.717, 1.165) is 0 Å². The Kier molecular flexibility index (Phi) is 5.73. The van der Waals surface area contributed by atoms with Crippen LogP contribution in [-0.4, -0.2) is 23.5 Å². The average Bonchev–Trinajstić information content (AvgIpc) is 2.57.